The van der Waals surface area contributed by atoms with Gasteiger partial charge >= 0.3 is 0 Å². The van der Waals surface area contributed by atoms with Crippen molar-refractivity contribution in [2.45, 2.75) is 111 Å². The van der Waals surface area contributed by atoms with Crippen molar-refractivity contribution in [3.8, 4) is 0 Å². The minimum atomic E-state index is 0.715. The zero-order valence-electron chi connectivity index (χ0n) is 16.8. The first-order valence-corrected chi connectivity index (χ1v) is 11.6. The van der Waals surface area contributed by atoms with E-state index >= 15 is 0 Å². The zero-order valence-corrected chi connectivity index (χ0v) is 16.8. The Labute approximate surface area is 151 Å². The van der Waals surface area contributed by atoms with Crippen molar-refractivity contribution in [2.24, 2.45) is 40.4 Å². The van der Waals surface area contributed by atoms with E-state index in [9.17, 15) is 0 Å². The van der Waals surface area contributed by atoms with Gasteiger partial charge in [0, 0.05) is 0 Å². The minimum absolute atomic E-state index is 0.715. The van der Waals surface area contributed by atoms with Crippen molar-refractivity contribution in [3.05, 3.63) is 0 Å². The van der Waals surface area contributed by atoms with E-state index in [0.29, 0.717) is 5.41 Å². The van der Waals surface area contributed by atoms with Crippen LogP contribution in [0.2, 0.25) is 0 Å². The second-order valence-corrected chi connectivity index (χ2v) is 10.7. The van der Waals surface area contributed by atoms with E-state index < -0.39 is 0 Å². The van der Waals surface area contributed by atoms with Crippen molar-refractivity contribution >= 4 is 0 Å². The summed E-state index contributed by atoms with van der Waals surface area (Å²) < 4.78 is 0. The number of hydrogen-bond donors (Lipinski definition) is 0. The predicted octanol–water partition coefficient (Wildman–Crippen LogP) is 7.62. The molecule has 0 saturated heterocycles. The molecule has 0 aromatic rings. The average molecular weight is 331 g/mol. The molecule has 0 heterocycles. The Morgan fingerprint density at radius 3 is 2.42 bits per heavy atom. The fourth-order valence-electron chi connectivity index (χ4n) is 8.52. The van der Waals surface area contributed by atoms with E-state index in [2.05, 4.69) is 20.8 Å². The highest BCUT2D eigenvalue weighted by Crippen LogP contribution is 2.67. The van der Waals surface area contributed by atoms with Crippen LogP contribution in [0.3, 0.4) is 0 Å². The van der Waals surface area contributed by atoms with Crippen LogP contribution < -0.4 is 0 Å². The molecule has 4 fully saturated rings. The van der Waals surface area contributed by atoms with E-state index in [1.807, 2.05) is 0 Å². The largest absolute Gasteiger partial charge is 0.0654 e. The molecule has 0 N–H and O–H groups in total. The lowest BCUT2D eigenvalue weighted by Gasteiger charge is -2.60. The smallest absolute Gasteiger partial charge is 0.0266 e. The molecule has 0 radical (unpaired) electrons. The Balaban J connectivity index is 1.51. The maximum Gasteiger partial charge on any atom is -0.0266 e. The van der Waals surface area contributed by atoms with Crippen LogP contribution in [-0.4, -0.2) is 0 Å². The van der Waals surface area contributed by atoms with Crippen LogP contribution in [0.1, 0.15) is 111 Å². The molecular weight excluding hydrogens is 288 g/mol. The molecule has 0 amide bonds. The number of rotatable bonds is 4. The van der Waals surface area contributed by atoms with Gasteiger partial charge in [0.15, 0.2) is 0 Å². The molecule has 138 valence electrons. The Kier molecular flexibility index (Phi) is 4.81. The normalized spacial score (nSPS) is 50.9. The van der Waals surface area contributed by atoms with Crippen LogP contribution in [0, 0.1) is 40.4 Å². The van der Waals surface area contributed by atoms with Gasteiger partial charge in [-0.05, 0) is 98.2 Å². The third-order valence-corrected chi connectivity index (χ3v) is 9.94. The Bertz CT molecular complexity index is 439. The molecule has 0 aromatic heterocycles. The second kappa shape index (κ2) is 6.62. The first kappa shape index (κ1) is 17.4. The highest BCUT2D eigenvalue weighted by Gasteiger charge is 2.59. The third kappa shape index (κ3) is 2.61. The van der Waals surface area contributed by atoms with Crippen LogP contribution >= 0.6 is 0 Å². The minimum Gasteiger partial charge on any atom is -0.0654 e. The van der Waals surface area contributed by atoms with E-state index in [1.54, 1.807) is 51.4 Å². The van der Waals surface area contributed by atoms with E-state index in [1.165, 1.54) is 38.5 Å². The lowest BCUT2D eigenvalue weighted by atomic mass is 9.45. The SMILES string of the molecule is CCCCCC1CC[C@H]2[C@@H]3CCC4CCCC[C@]4(C)[C@@H]3CC[C@]12C. The van der Waals surface area contributed by atoms with Gasteiger partial charge in [0.05, 0.1) is 0 Å². The van der Waals surface area contributed by atoms with Crippen LogP contribution in [0.15, 0.2) is 0 Å². The first-order chi connectivity index (χ1) is 11.6. The van der Waals surface area contributed by atoms with Gasteiger partial charge in [-0.25, -0.2) is 0 Å². The summed E-state index contributed by atoms with van der Waals surface area (Å²) in [5.74, 6) is 5.41. The quantitative estimate of drug-likeness (QED) is 0.465. The van der Waals surface area contributed by atoms with Gasteiger partial charge in [-0.3, -0.25) is 0 Å². The molecule has 4 aliphatic rings. The summed E-state index contributed by atoms with van der Waals surface area (Å²) in [5, 5.41) is 0. The van der Waals surface area contributed by atoms with E-state index in [0.717, 1.165) is 35.0 Å². The van der Waals surface area contributed by atoms with Gasteiger partial charge < -0.3 is 0 Å². The lowest BCUT2D eigenvalue weighted by molar-refractivity contribution is -0.111. The third-order valence-electron chi connectivity index (χ3n) is 9.94. The number of hydrogen-bond acceptors (Lipinski definition) is 0. The van der Waals surface area contributed by atoms with Gasteiger partial charge in [-0.2, -0.15) is 0 Å². The molecular formula is C24H42. The second-order valence-electron chi connectivity index (χ2n) is 10.7. The average Bonchev–Trinajstić information content (AvgIpc) is 2.91. The summed E-state index contributed by atoms with van der Waals surface area (Å²) in [6.07, 6.45) is 21.5. The van der Waals surface area contributed by atoms with Crippen LogP contribution in [-0.2, 0) is 0 Å². The van der Waals surface area contributed by atoms with E-state index in [4.69, 9.17) is 0 Å². The van der Waals surface area contributed by atoms with Crippen LogP contribution in [0.4, 0.5) is 0 Å². The van der Waals surface area contributed by atoms with Gasteiger partial charge in [-0.1, -0.05) is 52.9 Å². The molecule has 4 rings (SSSR count). The fraction of sp³-hybridized carbons (Fsp3) is 1.00. The molecule has 7 atom stereocenters. The zero-order chi connectivity index (χ0) is 16.8. The molecule has 0 nitrogen and oxygen atoms in total. The molecule has 0 spiro atoms. The van der Waals surface area contributed by atoms with Gasteiger partial charge in [0.1, 0.15) is 0 Å². The molecule has 0 heteroatoms. The van der Waals surface area contributed by atoms with Crippen LogP contribution in [0.25, 0.3) is 0 Å². The number of unbranched alkanes of at least 4 members (excludes halogenated alkanes) is 2. The van der Waals surface area contributed by atoms with Gasteiger partial charge in [0.2, 0.25) is 0 Å². The molecule has 24 heavy (non-hydrogen) atoms. The maximum absolute atomic E-state index is 2.73. The highest BCUT2D eigenvalue weighted by molar-refractivity contribution is 5.08. The molecule has 0 aromatic carbocycles. The Hall–Kier alpha value is 0. The van der Waals surface area contributed by atoms with Crippen molar-refractivity contribution in [1.29, 1.82) is 0 Å². The topological polar surface area (TPSA) is 0 Å². The summed E-state index contributed by atoms with van der Waals surface area (Å²) >= 11 is 0. The Morgan fingerprint density at radius 1 is 0.750 bits per heavy atom. The summed E-state index contributed by atoms with van der Waals surface area (Å²) in [6, 6.07) is 0. The van der Waals surface area contributed by atoms with Gasteiger partial charge in [-0.15, -0.1) is 0 Å². The molecule has 4 saturated carbocycles. The number of fused-ring (bicyclic) bond motifs is 5. The summed E-state index contributed by atoms with van der Waals surface area (Å²) in [7, 11) is 0. The summed E-state index contributed by atoms with van der Waals surface area (Å²) in [4.78, 5) is 0. The van der Waals surface area contributed by atoms with Crippen molar-refractivity contribution in [1.82, 2.24) is 0 Å². The van der Waals surface area contributed by atoms with Crippen molar-refractivity contribution in [2.75, 3.05) is 0 Å². The molecule has 4 aliphatic carbocycles. The van der Waals surface area contributed by atoms with Crippen molar-refractivity contribution in [3.63, 3.8) is 0 Å². The summed E-state index contributed by atoms with van der Waals surface area (Å²) in [6.45, 7) is 7.81. The predicted molar refractivity (Wildman–Crippen MR) is 104 cm³/mol. The summed E-state index contributed by atoms with van der Waals surface area (Å²) in [5.41, 5.74) is 1.44. The monoisotopic (exact) mass is 330 g/mol. The highest BCUT2D eigenvalue weighted by atomic mass is 14.6. The van der Waals surface area contributed by atoms with E-state index in [-0.39, 0.29) is 0 Å². The lowest BCUT2D eigenvalue weighted by Crippen LogP contribution is -2.52. The van der Waals surface area contributed by atoms with Gasteiger partial charge in [0.25, 0.3) is 0 Å². The van der Waals surface area contributed by atoms with Crippen LogP contribution in [0.5, 0.6) is 0 Å². The molecule has 0 aliphatic heterocycles. The maximum atomic E-state index is 2.73. The molecule has 0 bridgehead atoms. The first-order valence-electron chi connectivity index (χ1n) is 11.6. The Morgan fingerprint density at radius 2 is 1.58 bits per heavy atom. The molecule has 2 unspecified atom stereocenters. The van der Waals surface area contributed by atoms with Crippen molar-refractivity contribution < 1.29 is 0 Å². The standard InChI is InChI=1S/C24H42/c1-4-5-6-9-19-12-14-21-20-13-11-18-10-7-8-16-23(18,2)22(20)15-17-24(19,21)3/h18-22H,4-17H2,1-3H3/t18?,19?,20-,21-,22+,23-,24+/m0/s1. The fourth-order valence-corrected chi connectivity index (χ4v) is 8.52.